The molecule has 1 unspecified atom stereocenters. The summed E-state index contributed by atoms with van der Waals surface area (Å²) in [7, 11) is -5.16. The highest BCUT2D eigenvalue weighted by Crippen LogP contribution is 2.49. The van der Waals surface area contributed by atoms with Crippen molar-refractivity contribution < 1.29 is 30.5 Å². The standard InChI is InChI=1S/C17H13ClF4O3S/c1-3-10-5-4-6-11(9-10)16(2,17(20,21)22)14-13(26(23,24)25)8-7-12(18)15(14)19/h3-9H,1H2,2H3,(H,23,24,25). The van der Waals surface area contributed by atoms with Crippen LogP contribution in [-0.2, 0) is 15.5 Å². The molecule has 9 heteroatoms. The quantitative estimate of drug-likeness (QED) is 0.556. The lowest BCUT2D eigenvalue weighted by atomic mass is 9.74. The van der Waals surface area contributed by atoms with Crippen molar-refractivity contribution in [3.63, 3.8) is 0 Å². The lowest BCUT2D eigenvalue weighted by Crippen LogP contribution is -2.42. The summed E-state index contributed by atoms with van der Waals surface area (Å²) >= 11 is 5.60. The van der Waals surface area contributed by atoms with E-state index in [-0.39, 0.29) is 0 Å². The zero-order valence-corrected chi connectivity index (χ0v) is 14.9. The fourth-order valence-electron chi connectivity index (χ4n) is 2.64. The highest BCUT2D eigenvalue weighted by molar-refractivity contribution is 7.85. The summed E-state index contributed by atoms with van der Waals surface area (Å²) in [6.07, 6.45) is -3.82. The highest BCUT2D eigenvalue weighted by atomic mass is 35.5. The molecule has 0 aromatic heterocycles. The van der Waals surface area contributed by atoms with Crippen molar-refractivity contribution in [2.45, 2.75) is 23.4 Å². The van der Waals surface area contributed by atoms with E-state index in [2.05, 4.69) is 6.58 Å². The molecule has 2 rings (SSSR count). The van der Waals surface area contributed by atoms with Crippen LogP contribution in [0, 0.1) is 5.82 Å². The maximum atomic E-state index is 14.7. The van der Waals surface area contributed by atoms with Gasteiger partial charge in [0.15, 0.2) is 0 Å². The van der Waals surface area contributed by atoms with Crippen LogP contribution in [0.15, 0.2) is 47.9 Å². The molecule has 0 amide bonds. The number of alkyl halides is 3. The molecule has 0 aliphatic rings. The molecular weight excluding hydrogens is 396 g/mol. The van der Waals surface area contributed by atoms with Crippen molar-refractivity contribution in [2.75, 3.05) is 0 Å². The summed E-state index contributed by atoms with van der Waals surface area (Å²) in [4.78, 5) is -1.21. The molecular formula is C17H13ClF4O3S. The maximum Gasteiger partial charge on any atom is 0.402 e. The van der Waals surface area contributed by atoms with Crippen LogP contribution in [-0.4, -0.2) is 19.1 Å². The van der Waals surface area contributed by atoms with Gasteiger partial charge in [-0.25, -0.2) is 4.39 Å². The minimum absolute atomic E-state index is 0.314. The molecule has 2 aromatic carbocycles. The first-order valence-corrected chi connectivity index (χ1v) is 8.91. The number of rotatable bonds is 4. The van der Waals surface area contributed by atoms with E-state index in [1.54, 1.807) is 0 Å². The predicted octanol–water partition coefficient (Wildman–Crippen LogP) is 5.24. The Morgan fingerprint density at radius 2 is 1.81 bits per heavy atom. The van der Waals surface area contributed by atoms with Gasteiger partial charge in [0.05, 0.1) is 5.02 Å². The fraction of sp³-hybridized carbons (Fsp3) is 0.176. The van der Waals surface area contributed by atoms with E-state index in [0.29, 0.717) is 18.6 Å². The van der Waals surface area contributed by atoms with E-state index in [1.807, 2.05) is 0 Å². The average Bonchev–Trinajstić information content (AvgIpc) is 2.54. The Morgan fingerprint density at radius 3 is 2.31 bits per heavy atom. The molecule has 0 spiro atoms. The normalized spacial score (nSPS) is 14.7. The van der Waals surface area contributed by atoms with Gasteiger partial charge in [-0.05, 0) is 30.2 Å². The zero-order valence-electron chi connectivity index (χ0n) is 13.3. The number of halogens is 5. The first-order valence-electron chi connectivity index (χ1n) is 7.09. The Labute approximate surface area is 152 Å². The summed E-state index contributed by atoms with van der Waals surface area (Å²) in [6.45, 7) is 4.09. The summed E-state index contributed by atoms with van der Waals surface area (Å²) in [5.74, 6) is -1.58. The summed E-state index contributed by atoms with van der Waals surface area (Å²) in [6, 6.07) is 6.36. The Hall–Kier alpha value is -1.90. The van der Waals surface area contributed by atoms with Crippen LogP contribution in [0.4, 0.5) is 17.6 Å². The van der Waals surface area contributed by atoms with Crippen LogP contribution in [0.2, 0.25) is 5.02 Å². The topological polar surface area (TPSA) is 54.4 Å². The van der Waals surface area contributed by atoms with Crippen LogP contribution in [0.25, 0.3) is 6.08 Å². The third-order valence-corrected chi connectivity index (χ3v) is 5.29. The molecule has 26 heavy (non-hydrogen) atoms. The third-order valence-electron chi connectivity index (χ3n) is 4.10. The second-order valence-corrected chi connectivity index (χ2v) is 7.46. The summed E-state index contributed by atoms with van der Waals surface area (Å²) in [5, 5.41) is -0.706. The Morgan fingerprint density at radius 1 is 1.19 bits per heavy atom. The van der Waals surface area contributed by atoms with Gasteiger partial charge in [-0.1, -0.05) is 48.5 Å². The number of benzene rings is 2. The third kappa shape index (κ3) is 3.36. The average molecular weight is 409 g/mol. The summed E-state index contributed by atoms with van der Waals surface area (Å²) < 4.78 is 89.5. The molecule has 1 N–H and O–H groups in total. The van der Waals surface area contributed by atoms with Gasteiger partial charge in [0.25, 0.3) is 10.1 Å². The Balaban J connectivity index is 3.03. The van der Waals surface area contributed by atoms with Crippen molar-refractivity contribution in [3.8, 4) is 0 Å². The SMILES string of the molecule is C=Cc1cccc(C(C)(c2c(S(=O)(=O)O)ccc(Cl)c2F)C(F)(F)F)c1. The molecule has 0 heterocycles. The van der Waals surface area contributed by atoms with Crippen molar-refractivity contribution in [3.05, 3.63) is 70.5 Å². The number of hydrogen-bond donors (Lipinski definition) is 1. The van der Waals surface area contributed by atoms with Crippen molar-refractivity contribution in [1.82, 2.24) is 0 Å². The first kappa shape index (κ1) is 20.4. The molecule has 0 fully saturated rings. The predicted molar refractivity (Wildman–Crippen MR) is 90.3 cm³/mol. The van der Waals surface area contributed by atoms with Gasteiger partial charge in [0, 0.05) is 5.56 Å². The molecule has 140 valence electrons. The van der Waals surface area contributed by atoms with Gasteiger partial charge in [-0.3, -0.25) is 4.55 Å². The van der Waals surface area contributed by atoms with Gasteiger partial charge < -0.3 is 0 Å². The molecule has 2 aromatic rings. The van der Waals surface area contributed by atoms with Crippen LogP contribution >= 0.6 is 11.6 Å². The molecule has 1 atom stereocenters. The van der Waals surface area contributed by atoms with E-state index in [4.69, 9.17) is 11.6 Å². The van der Waals surface area contributed by atoms with E-state index in [9.17, 15) is 30.5 Å². The lowest BCUT2D eigenvalue weighted by Gasteiger charge is -2.34. The van der Waals surface area contributed by atoms with Crippen molar-refractivity contribution in [1.29, 1.82) is 0 Å². The molecule has 0 radical (unpaired) electrons. The summed E-state index contributed by atoms with van der Waals surface area (Å²) in [5.41, 5.74) is -4.50. The monoisotopic (exact) mass is 408 g/mol. The molecule has 0 saturated heterocycles. The molecule has 0 bridgehead atoms. The van der Waals surface area contributed by atoms with Gasteiger partial charge in [0.2, 0.25) is 0 Å². The first-order chi connectivity index (χ1) is 11.8. The van der Waals surface area contributed by atoms with Crippen molar-refractivity contribution >= 4 is 27.8 Å². The lowest BCUT2D eigenvalue weighted by molar-refractivity contribution is -0.174. The number of hydrogen-bond acceptors (Lipinski definition) is 2. The second kappa shape index (κ2) is 6.68. The highest BCUT2D eigenvalue weighted by Gasteiger charge is 2.56. The smallest absolute Gasteiger partial charge is 0.282 e. The van der Waals surface area contributed by atoms with Crippen LogP contribution < -0.4 is 0 Å². The van der Waals surface area contributed by atoms with E-state index >= 15 is 0 Å². The van der Waals surface area contributed by atoms with E-state index < -0.39 is 48.6 Å². The fourth-order valence-corrected chi connectivity index (χ4v) is 3.59. The van der Waals surface area contributed by atoms with Crippen molar-refractivity contribution in [2.24, 2.45) is 0 Å². The Kier molecular flexibility index (Phi) is 5.24. The molecule has 0 saturated carbocycles. The molecule has 3 nitrogen and oxygen atoms in total. The maximum absolute atomic E-state index is 14.7. The minimum Gasteiger partial charge on any atom is -0.282 e. The van der Waals surface area contributed by atoms with Gasteiger partial charge in [-0.15, -0.1) is 0 Å². The van der Waals surface area contributed by atoms with Gasteiger partial charge >= 0.3 is 6.18 Å². The minimum atomic E-state index is -5.16. The van der Waals surface area contributed by atoms with Gasteiger partial charge in [0.1, 0.15) is 16.1 Å². The van der Waals surface area contributed by atoms with Crippen LogP contribution in [0.1, 0.15) is 23.6 Å². The molecule has 0 aliphatic carbocycles. The largest absolute Gasteiger partial charge is 0.402 e. The van der Waals surface area contributed by atoms with Crippen LogP contribution in [0.3, 0.4) is 0 Å². The van der Waals surface area contributed by atoms with Crippen LogP contribution in [0.5, 0.6) is 0 Å². The second-order valence-electron chi connectivity index (χ2n) is 5.66. The molecule has 0 aliphatic heterocycles. The van der Waals surface area contributed by atoms with Gasteiger partial charge in [-0.2, -0.15) is 21.6 Å². The van der Waals surface area contributed by atoms with E-state index in [1.165, 1.54) is 18.2 Å². The Bertz CT molecular complexity index is 970. The van der Waals surface area contributed by atoms with E-state index in [0.717, 1.165) is 18.2 Å². The zero-order chi connectivity index (χ0) is 19.9.